The van der Waals surface area contributed by atoms with E-state index < -0.39 is 17.6 Å². The maximum atomic E-state index is 13.0. The summed E-state index contributed by atoms with van der Waals surface area (Å²) < 4.78 is 59.7. The Morgan fingerprint density at radius 3 is 2.42 bits per heavy atom. The lowest BCUT2D eigenvalue weighted by molar-refractivity contribution is -0.140. The van der Waals surface area contributed by atoms with Gasteiger partial charge in [-0.25, -0.2) is 9.37 Å². The number of carbonyl (C=O) groups excluding carboxylic acids is 2. The second kappa shape index (κ2) is 16.2. The predicted octanol–water partition coefficient (Wildman–Crippen LogP) is 8.45. The van der Waals surface area contributed by atoms with E-state index in [1.807, 2.05) is 24.4 Å². The summed E-state index contributed by atoms with van der Waals surface area (Å²) in [5.41, 5.74) is 1.21. The second-order valence-electron chi connectivity index (χ2n) is 13.4. The molecule has 3 fully saturated rings. The van der Waals surface area contributed by atoms with Crippen LogP contribution in [0, 0.1) is 35.9 Å². The van der Waals surface area contributed by atoms with Crippen LogP contribution >= 0.6 is 0 Å². The van der Waals surface area contributed by atoms with Crippen molar-refractivity contribution in [2.75, 3.05) is 25.6 Å². The Bertz CT molecular complexity index is 1540. The number of methoxy groups -OCH3 is 1. The van der Waals surface area contributed by atoms with E-state index in [9.17, 15) is 27.2 Å². The highest BCUT2D eigenvalue weighted by molar-refractivity contribution is 6.07. The number of H-pyrrole nitrogens is 1. The molecule has 2 saturated carbocycles. The molecule has 2 aliphatic carbocycles. The van der Waals surface area contributed by atoms with Crippen molar-refractivity contribution in [1.82, 2.24) is 15.3 Å². The molecule has 48 heavy (non-hydrogen) atoms. The molecule has 2 heterocycles. The largest absolute Gasteiger partial charge is 0.496 e. The lowest BCUT2D eigenvalue weighted by atomic mass is 9.77. The third-order valence-electron chi connectivity index (χ3n) is 9.97. The molecule has 1 saturated heterocycles. The Labute approximate surface area is 279 Å². The summed E-state index contributed by atoms with van der Waals surface area (Å²) >= 11 is 0. The number of unbranched alkanes of at least 4 members (excludes halogenated alkanes) is 1. The summed E-state index contributed by atoms with van der Waals surface area (Å²) in [6.45, 7) is 10.8. The quantitative estimate of drug-likeness (QED) is 0.148. The zero-order valence-corrected chi connectivity index (χ0v) is 28.4. The summed E-state index contributed by atoms with van der Waals surface area (Å²) in [5.74, 6) is 1.91. The fourth-order valence-electron chi connectivity index (χ4n) is 7.41. The molecule has 0 spiro atoms. The van der Waals surface area contributed by atoms with Crippen molar-refractivity contribution < 1.29 is 36.6 Å². The topological polar surface area (TPSA) is 105 Å². The zero-order chi connectivity index (χ0) is 35.1. The number of ether oxygens (including phenoxy) is 2. The molecule has 4 unspecified atom stereocenters. The minimum Gasteiger partial charge on any atom is -0.496 e. The molecule has 12 heteroatoms. The molecule has 3 aromatic rings. The number of alkyl halides is 3. The first kappa shape index (κ1) is 37.2. The van der Waals surface area contributed by atoms with Crippen molar-refractivity contribution >= 4 is 29.0 Å². The number of rotatable bonds is 10. The molecule has 8 nitrogen and oxygen atoms in total. The van der Waals surface area contributed by atoms with Gasteiger partial charge in [0.05, 0.1) is 31.4 Å². The fraction of sp³-hybridized carbons (Fsp3) is 0.583. The Balaban J connectivity index is 0.000000178. The van der Waals surface area contributed by atoms with Crippen molar-refractivity contribution in [2.24, 2.45) is 23.2 Å². The number of hydrogen-bond acceptors (Lipinski definition) is 5. The van der Waals surface area contributed by atoms with Crippen LogP contribution in [0.3, 0.4) is 0 Å². The van der Waals surface area contributed by atoms with Gasteiger partial charge >= 0.3 is 6.18 Å². The van der Waals surface area contributed by atoms with Crippen LogP contribution in [-0.2, 0) is 15.7 Å². The van der Waals surface area contributed by atoms with Crippen molar-refractivity contribution in [2.45, 2.75) is 91.3 Å². The number of aryl methyl sites for hydroxylation is 1. The molecule has 0 radical (unpaired) electrons. The maximum Gasteiger partial charge on any atom is 0.419 e. The van der Waals surface area contributed by atoms with E-state index in [0.29, 0.717) is 46.2 Å². The van der Waals surface area contributed by atoms with Gasteiger partial charge in [-0.1, -0.05) is 40.0 Å². The standard InChI is InChI=1S/C18H23N3O2.C10H20O.C8H5F4NO/c1-9-11-4-5-12(8-11)16(9)21-18(22)15-14(23-3)7-6-13-17(15)20-10(2)19-13;1-3-5-7-10(6-4-2)8-11-9-10;9-7-2-1-5(13-4-14)3-6(7)8(10,11)12/h6-7,9,11-12,16H,4-5,8H2,1-3H3,(H,19,20)(H,21,22);3-9H2,1-2H3;1-4H,(H,13,14). The zero-order valence-electron chi connectivity index (χ0n) is 28.4. The molecular weight excluding hydrogens is 628 g/mol. The lowest BCUT2D eigenvalue weighted by Gasteiger charge is -2.41. The summed E-state index contributed by atoms with van der Waals surface area (Å²) in [6.07, 6.45) is 6.04. The third kappa shape index (κ3) is 8.67. The summed E-state index contributed by atoms with van der Waals surface area (Å²) in [7, 11) is 1.59. The number of nitrogens with zero attached hydrogens (tertiary/aromatic N) is 1. The molecule has 2 amide bonds. The van der Waals surface area contributed by atoms with E-state index in [1.165, 1.54) is 51.4 Å². The molecular formula is C36H48F4N4O4. The first-order valence-electron chi connectivity index (χ1n) is 16.8. The number of carbonyl (C=O) groups is 2. The Kier molecular flexibility index (Phi) is 12.5. The van der Waals surface area contributed by atoms with Crippen LogP contribution in [0.25, 0.3) is 11.0 Å². The van der Waals surface area contributed by atoms with Crippen LogP contribution < -0.4 is 15.4 Å². The molecule has 2 bridgehead atoms. The van der Waals surface area contributed by atoms with Crippen LogP contribution in [0.15, 0.2) is 30.3 Å². The molecule has 3 N–H and O–H groups in total. The van der Waals surface area contributed by atoms with Gasteiger partial charge in [0.2, 0.25) is 6.41 Å². The molecule has 6 rings (SSSR count). The number of anilines is 1. The average molecular weight is 677 g/mol. The van der Waals surface area contributed by atoms with Gasteiger partial charge in [0.25, 0.3) is 5.91 Å². The van der Waals surface area contributed by atoms with E-state index >= 15 is 0 Å². The predicted molar refractivity (Wildman–Crippen MR) is 177 cm³/mol. The number of amides is 2. The van der Waals surface area contributed by atoms with Gasteiger partial charge in [0, 0.05) is 17.1 Å². The number of benzene rings is 2. The Morgan fingerprint density at radius 2 is 1.85 bits per heavy atom. The first-order valence-corrected chi connectivity index (χ1v) is 16.8. The Hall–Kier alpha value is -3.67. The van der Waals surface area contributed by atoms with Gasteiger partial charge in [0.1, 0.15) is 28.5 Å². The minimum absolute atomic E-state index is 0.0663. The monoisotopic (exact) mass is 676 g/mol. The van der Waals surface area contributed by atoms with E-state index in [2.05, 4.69) is 36.1 Å². The number of fused-ring (bicyclic) bond motifs is 3. The Morgan fingerprint density at radius 1 is 1.12 bits per heavy atom. The average Bonchev–Trinajstić information content (AvgIpc) is 3.74. The third-order valence-corrected chi connectivity index (χ3v) is 9.97. The first-order chi connectivity index (χ1) is 22.9. The van der Waals surface area contributed by atoms with Gasteiger partial charge < -0.3 is 25.1 Å². The van der Waals surface area contributed by atoms with Gasteiger partial charge in [-0.15, -0.1) is 0 Å². The van der Waals surface area contributed by atoms with Crippen LogP contribution in [0.5, 0.6) is 5.75 Å². The van der Waals surface area contributed by atoms with Crippen molar-refractivity contribution in [3.8, 4) is 5.75 Å². The molecule has 4 atom stereocenters. The number of imidazole rings is 1. The number of hydrogen-bond donors (Lipinski definition) is 3. The van der Waals surface area contributed by atoms with Crippen LogP contribution in [0.4, 0.5) is 23.2 Å². The fourth-order valence-corrected chi connectivity index (χ4v) is 7.41. The second-order valence-corrected chi connectivity index (χ2v) is 13.4. The summed E-state index contributed by atoms with van der Waals surface area (Å²) in [6, 6.07) is 6.24. The minimum atomic E-state index is -4.76. The number of aromatic amines is 1. The van der Waals surface area contributed by atoms with Gasteiger partial charge in [0.15, 0.2) is 0 Å². The smallest absolute Gasteiger partial charge is 0.419 e. The van der Waals surface area contributed by atoms with Crippen LogP contribution in [-0.4, -0.2) is 48.7 Å². The summed E-state index contributed by atoms with van der Waals surface area (Å²) in [5, 5.41) is 5.28. The van der Waals surface area contributed by atoms with E-state index in [-0.39, 0.29) is 24.0 Å². The highest BCUT2D eigenvalue weighted by atomic mass is 19.4. The van der Waals surface area contributed by atoms with Crippen molar-refractivity contribution in [3.05, 3.63) is 53.1 Å². The molecule has 1 aliphatic heterocycles. The molecule has 1 aromatic heterocycles. The van der Waals surface area contributed by atoms with Crippen LogP contribution in [0.1, 0.15) is 93.9 Å². The SMILES string of the molecule is CCCCC1(CCC)COC1.COc1ccc2[nH]c(C)nc2c1C(=O)NC1C2CCC(C2)C1C.O=CNc1ccc(F)c(C(F)(F)F)c1. The van der Waals surface area contributed by atoms with Gasteiger partial charge in [-0.3, -0.25) is 9.59 Å². The molecule has 2 aromatic carbocycles. The normalized spacial score (nSPS) is 22.1. The molecule has 264 valence electrons. The van der Waals surface area contributed by atoms with E-state index in [4.69, 9.17) is 9.47 Å². The molecule has 3 aliphatic rings. The lowest BCUT2D eigenvalue weighted by Crippen LogP contribution is -2.43. The number of nitrogens with one attached hydrogen (secondary N) is 3. The highest BCUT2D eigenvalue weighted by Crippen LogP contribution is 2.48. The van der Waals surface area contributed by atoms with Crippen molar-refractivity contribution in [3.63, 3.8) is 0 Å². The van der Waals surface area contributed by atoms with Crippen LogP contribution in [0.2, 0.25) is 0 Å². The van der Waals surface area contributed by atoms with Crippen molar-refractivity contribution in [1.29, 1.82) is 0 Å². The summed E-state index contributed by atoms with van der Waals surface area (Å²) in [4.78, 5) is 30.6. The maximum absolute atomic E-state index is 13.0. The van der Waals surface area contributed by atoms with Gasteiger partial charge in [-0.05, 0) is 87.1 Å². The van der Waals surface area contributed by atoms with E-state index in [1.54, 1.807) is 7.11 Å². The highest BCUT2D eigenvalue weighted by Gasteiger charge is 2.46. The van der Waals surface area contributed by atoms with Gasteiger partial charge in [-0.2, -0.15) is 13.2 Å². The number of halogens is 4. The van der Waals surface area contributed by atoms with E-state index in [0.717, 1.165) is 36.5 Å². The number of aromatic nitrogens is 2.